The van der Waals surface area contributed by atoms with Crippen molar-refractivity contribution in [2.75, 3.05) is 13.1 Å². The first-order chi connectivity index (χ1) is 6.47. The Morgan fingerprint density at radius 2 is 2.07 bits per heavy atom. The largest absolute Gasteiger partial charge is 0.462 e. The van der Waals surface area contributed by atoms with Crippen molar-refractivity contribution in [3.8, 4) is 0 Å². The van der Waals surface area contributed by atoms with Crippen LogP contribution in [0.5, 0.6) is 0 Å². The van der Waals surface area contributed by atoms with Gasteiger partial charge in [-0.25, -0.2) is 0 Å². The lowest BCUT2D eigenvalue weighted by molar-refractivity contribution is -0.151. The summed E-state index contributed by atoms with van der Waals surface area (Å²) in [6.07, 6.45) is 1.42. The van der Waals surface area contributed by atoms with Gasteiger partial charge in [0.15, 0.2) is 0 Å². The van der Waals surface area contributed by atoms with E-state index in [4.69, 9.17) is 4.74 Å². The van der Waals surface area contributed by atoms with Gasteiger partial charge in [-0.2, -0.15) is 0 Å². The highest BCUT2D eigenvalue weighted by Crippen LogP contribution is 1.95. The van der Waals surface area contributed by atoms with Crippen LogP contribution in [0.3, 0.4) is 0 Å². The van der Waals surface area contributed by atoms with E-state index < -0.39 is 5.97 Å². The number of rotatable bonds is 5. The first kappa shape index (κ1) is 12.7. The van der Waals surface area contributed by atoms with Crippen molar-refractivity contribution >= 4 is 11.9 Å². The second-order valence-corrected chi connectivity index (χ2v) is 3.23. The van der Waals surface area contributed by atoms with Crippen LogP contribution in [0.4, 0.5) is 0 Å². The molecule has 0 aromatic carbocycles. The van der Waals surface area contributed by atoms with E-state index in [1.165, 1.54) is 11.8 Å². The molecule has 0 aromatic rings. The standard InChI is InChI=1S/C10H17NO3/c1-5-6-11(9(4)12)7-10(13)14-8(2)3/h5,8H,1,6-7H2,2-4H3. The molecule has 4 heteroatoms. The summed E-state index contributed by atoms with van der Waals surface area (Å²) in [6, 6.07) is 0. The third kappa shape index (κ3) is 5.35. The summed E-state index contributed by atoms with van der Waals surface area (Å²) in [6.45, 7) is 8.80. The molecular weight excluding hydrogens is 182 g/mol. The van der Waals surface area contributed by atoms with Gasteiger partial charge in [-0.3, -0.25) is 9.59 Å². The summed E-state index contributed by atoms with van der Waals surface area (Å²) in [5.41, 5.74) is 0. The lowest BCUT2D eigenvalue weighted by Crippen LogP contribution is -2.35. The molecular formula is C10H17NO3. The number of amides is 1. The second-order valence-electron chi connectivity index (χ2n) is 3.23. The van der Waals surface area contributed by atoms with Crippen LogP contribution in [0.15, 0.2) is 12.7 Å². The Bertz CT molecular complexity index is 223. The van der Waals surface area contributed by atoms with Crippen molar-refractivity contribution in [3.63, 3.8) is 0 Å². The molecule has 0 bridgehead atoms. The molecule has 0 spiro atoms. The molecule has 0 saturated heterocycles. The van der Waals surface area contributed by atoms with Gasteiger partial charge in [0, 0.05) is 13.5 Å². The van der Waals surface area contributed by atoms with Gasteiger partial charge in [-0.1, -0.05) is 6.08 Å². The molecule has 0 fully saturated rings. The van der Waals surface area contributed by atoms with E-state index in [-0.39, 0.29) is 18.6 Å². The molecule has 0 aliphatic rings. The van der Waals surface area contributed by atoms with Gasteiger partial charge in [0.25, 0.3) is 0 Å². The molecule has 0 heterocycles. The minimum absolute atomic E-state index is 0.0144. The smallest absolute Gasteiger partial charge is 0.325 e. The highest BCUT2D eigenvalue weighted by atomic mass is 16.5. The van der Waals surface area contributed by atoms with Crippen molar-refractivity contribution in [3.05, 3.63) is 12.7 Å². The molecule has 0 rings (SSSR count). The number of carbonyl (C=O) groups excluding carboxylic acids is 2. The monoisotopic (exact) mass is 199 g/mol. The maximum Gasteiger partial charge on any atom is 0.325 e. The fraction of sp³-hybridized carbons (Fsp3) is 0.600. The number of esters is 1. The normalized spacial score (nSPS) is 9.71. The number of nitrogens with zero attached hydrogens (tertiary/aromatic N) is 1. The Labute approximate surface area is 84.5 Å². The van der Waals surface area contributed by atoms with Crippen LogP contribution in [0, 0.1) is 0 Å². The Hall–Kier alpha value is -1.32. The molecule has 1 amide bonds. The molecule has 14 heavy (non-hydrogen) atoms. The van der Waals surface area contributed by atoms with Crippen molar-refractivity contribution in [2.24, 2.45) is 0 Å². The topological polar surface area (TPSA) is 46.6 Å². The average molecular weight is 199 g/mol. The SMILES string of the molecule is C=CCN(CC(=O)OC(C)C)C(C)=O. The number of hydrogen-bond donors (Lipinski definition) is 0. The third-order valence-electron chi connectivity index (χ3n) is 1.48. The summed E-state index contributed by atoms with van der Waals surface area (Å²) in [7, 11) is 0. The van der Waals surface area contributed by atoms with Gasteiger partial charge in [0.2, 0.25) is 5.91 Å². The van der Waals surface area contributed by atoms with E-state index in [1.54, 1.807) is 19.9 Å². The van der Waals surface area contributed by atoms with Gasteiger partial charge in [0.1, 0.15) is 6.54 Å². The molecule has 0 saturated carbocycles. The Morgan fingerprint density at radius 3 is 2.43 bits per heavy atom. The number of carbonyl (C=O) groups is 2. The summed E-state index contributed by atoms with van der Waals surface area (Å²) in [5.74, 6) is -0.553. The molecule has 80 valence electrons. The van der Waals surface area contributed by atoms with Crippen LogP contribution in [-0.2, 0) is 14.3 Å². The zero-order valence-corrected chi connectivity index (χ0v) is 8.95. The lowest BCUT2D eigenvalue weighted by Gasteiger charge is -2.18. The first-order valence-corrected chi connectivity index (χ1v) is 4.53. The quantitative estimate of drug-likeness (QED) is 0.489. The lowest BCUT2D eigenvalue weighted by atomic mass is 10.4. The Balaban J connectivity index is 4.09. The van der Waals surface area contributed by atoms with Crippen molar-refractivity contribution in [1.29, 1.82) is 0 Å². The van der Waals surface area contributed by atoms with E-state index in [0.29, 0.717) is 6.54 Å². The van der Waals surface area contributed by atoms with Crippen LogP contribution in [0.1, 0.15) is 20.8 Å². The molecule has 0 unspecified atom stereocenters. The minimum atomic E-state index is -0.392. The molecule has 4 nitrogen and oxygen atoms in total. The second kappa shape index (κ2) is 6.18. The van der Waals surface area contributed by atoms with E-state index >= 15 is 0 Å². The molecule has 0 aliphatic carbocycles. The van der Waals surface area contributed by atoms with Crippen molar-refractivity contribution in [1.82, 2.24) is 4.90 Å². The van der Waals surface area contributed by atoms with Gasteiger partial charge >= 0.3 is 5.97 Å². The minimum Gasteiger partial charge on any atom is -0.462 e. The van der Waals surface area contributed by atoms with Gasteiger partial charge in [0.05, 0.1) is 6.10 Å². The highest BCUT2D eigenvalue weighted by Gasteiger charge is 2.13. The zero-order valence-electron chi connectivity index (χ0n) is 8.95. The van der Waals surface area contributed by atoms with Crippen LogP contribution < -0.4 is 0 Å². The third-order valence-corrected chi connectivity index (χ3v) is 1.48. The average Bonchev–Trinajstić information content (AvgIpc) is 2.01. The summed E-state index contributed by atoms with van der Waals surface area (Å²) < 4.78 is 4.91. The van der Waals surface area contributed by atoms with E-state index in [2.05, 4.69) is 6.58 Å². The van der Waals surface area contributed by atoms with Crippen LogP contribution in [-0.4, -0.2) is 36.0 Å². The summed E-state index contributed by atoms with van der Waals surface area (Å²) >= 11 is 0. The van der Waals surface area contributed by atoms with Gasteiger partial charge in [-0.05, 0) is 13.8 Å². The van der Waals surface area contributed by atoms with Crippen LogP contribution in [0.25, 0.3) is 0 Å². The molecule has 0 N–H and O–H groups in total. The summed E-state index contributed by atoms with van der Waals surface area (Å²) in [4.78, 5) is 23.6. The zero-order chi connectivity index (χ0) is 11.1. The Kier molecular flexibility index (Phi) is 5.60. The van der Waals surface area contributed by atoms with E-state index in [1.807, 2.05) is 0 Å². The van der Waals surface area contributed by atoms with Crippen molar-refractivity contribution < 1.29 is 14.3 Å². The molecule has 0 aliphatic heterocycles. The maximum atomic E-state index is 11.2. The van der Waals surface area contributed by atoms with E-state index in [9.17, 15) is 9.59 Å². The predicted molar refractivity (Wildman–Crippen MR) is 53.7 cm³/mol. The number of ether oxygens (including phenoxy) is 1. The van der Waals surface area contributed by atoms with Crippen molar-refractivity contribution in [2.45, 2.75) is 26.9 Å². The molecule has 0 atom stereocenters. The maximum absolute atomic E-state index is 11.2. The first-order valence-electron chi connectivity index (χ1n) is 4.53. The fourth-order valence-electron chi connectivity index (χ4n) is 0.916. The van der Waals surface area contributed by atoms with Gasteiger partial charge in [-0.15, -0.1) is 6.58 Å². The fourth-order valence-corrected chi connectivity index (χ4v) is 0.916. The van der Waals surface area contributed by atoms with Crippen LogP contribution in [0.2, 0.25) is 0 Å². The van der Waals surface area contributed by atoms with Gasteiger partial charge < -0.3 is 9.64 Å². The summed E-state index contributed by atoms with van der Waals surface area (Å²) in [5, 5.41) is 0. The number of hydrogen-bond acceptors (Lipinski definition) is 3. The highest BCUT2D eigenvalue weighted by molar-refractivity contribution is 5.80. The predicted octanol–water partition coefficient (Wildman–Crippen LogP) is 0.972. The van der Waals surface area contributed by atoms with Crippen LogP contribution >= 0.6 is 0 Å². The molecule has 0 aromatic heterocycles. The van der Waals surface area contributed by atoms with E-state index in [0.717, 1.165) is 0 Å². The molecule has 0 radical (unpaired) electrons. The Morgan fingerprint density at radius 1 is 1.50 bits per heavy atom.